The molecular weight excluding hydrogens is 301 g/mol. The van der Waals surface area contributed by atoms with Gasteiger partial charge < -0.3 is 20.1 Å². The zero-order chi connectivity index (χ0) is 16.7. The first-order valence-corrected chi connectivity index (χ1v) is 6.70. The minimum atomic E-state index is -3.08. The van der Waals surface area contributed by atoms with E-state index in [1.54, 1.807) is 6.92 Å². The average molecular weight is 320 g/mol. The predicted molar refractivity (Wildman–Crippen MR) is 74.2 cm³/mol. The van der Waals surface area contributed by atoms with Crippen molar-refractivity contribution in [3.05, 3.63) is 29.6 Å². The lowest BCUT2D eigenvalue weighted by Crippen LogP contribution is -2.38. The van der Waals surface area contributed by atoms with E-state index in [-0.39, 0.29) is 17.9 Å². The van der Waals surface area contributed by atoms with Crippen LogP contribution in [0.4, 0.5) is 18.0 Å². The minimum Gasteiger partial charge on any atom is -0.434 e. The first-order valence-electron chi connectivity index (χ1n) is 6.70. The normalized spacial score (nSPS) is 12.1. The summed E-state index contributed by atoms with van der Waals surface area (Å²) >= 11 is 0. The van der Waals surface area contributed by atoms with Gasteiger partial charge in [-0.1, -0.05) is 6.07 Å². The average Bonchev–Trinajstić information content (AvgIpc) is 2.43. The van der Waals surface area contributed by atoms with Gasteiger partial charge in [0.2, 0.25) is 0 Å². The van der Waals surface area contributed by atoms with E-state index < -0.39 is 24.6 Å². The van der Waals surface area contributed by atoms with Gasteiger partial charge in [0.1, 0.15) is 11.6 Å². The Hall–Kier alpha value is -1.96. The number of hydrogen-bond donors (Lipinski definition) is 2. The highest BCUT2D eigenvalue weighted by atomic mass is 19.3. The molecule has 0 aromatic heterocycles. The first kappa shape index (κ1) is 18.1. The fraction of sp³-hybridized carbons (Fsp3) is 0.500. The number of aliphatic hydroxyl groups excluding tert-OH is 1. The summed E-state index contributed by atoms with van der Waals surface area (Å²) in [6, 6.07) is 3.03. The van der Waals surface area contributed by atoms with Crippen molar-refractivity contribution >= 4 is 6.03 Å². The number of nitrogens with one attached hydrogen (secondary N) is 1. The molecule has 0 fully saturated rings. The molecule has 2 amide bonds. The van der Waals surface area contributed by atoms with Gasteiger partial charge in [-0.2, -0.15) is 8.78 Å². The summed E-state index contributed by atoms with van der Waals surface area (Å²) in [6.07, 6.45) is -0.156. The van der Waals surface area contributed by atoms with Crippen molar-refractivity contribution in [2.45, 2.75) is 32.6 Å². The summed E-state index contributed by atoms with van der Waals surface area (Å²) in [4.78, 5) is 13.1. The van der Waals surface area contributed by atoms with Gasteiger partial charge in [0, 0.05) is 19.2 Å². The second-order valence-electron chi connectivity index (χ2n) is 4.81. The van der Waals surface area contributed by atoms with E-state index in [0.29, 0.717) is 13.0 Å². The van der Waals surface area contributed by atoms with Crippen LogP contribution >= 0.6 is 0 Å². The second kappa shape index (κ2) is 8.47. The molecule has 22 heavy (non-hydrogen) atoms. The lowest BCUT2D eigenvalue weighted by atomic mass is 10.2. The van der Waals surface area contributed by atoms with E-state index in [1.807, 2.05) is 0 Å². The summed E-state index contributed by atoms with van der Waals surface area (Å²) in [6.45, 7) is -1.46. The van der Waals surface area contributed by atoms with Crippen LogP contribution in [0.1, 0.15) is 18.9 Å². The molecule has 2 N–H and O–H groups in total. The third kappa shape index (κ3) is 5.80. The molecule has 124 valence electrons. The summed E-state index contributed by atoms with van der Waals surface area (Å²) in [7, 11) is 1.51. The van der Waals surface area contributed by atoms with Crippen molar-refractivity contribution in [3.8, 4) is 5.75 Å². The van der Waals surface area contributed by atoms with E-state index in [1.165, 1.54) is 24.1 Å². The molecule has 8 heteroatoms. The predicted octanol–water partition coefficient (Wildman–Crippen LogP) is 2.34. The third-order valence-corrected chi connectivity index (χ3v) is 2.94. The van der Waals surface area contributed by atoms with E-state index in [9.17, 15) is 18.0 Å². The lowest BCUT2D eigenvalue weighted by Gasteiger charge is -2.19. The van der Waals surface area contributed by atoms with Gasteiger partial charge in [0.25, 0.3) is 0 Å². The van der Waals surface area contributed by atoms with E-state index in [2.05, 4.69) is 10.1 Å². The van der Waals surface area contributed by atoms with E-state index in [0.717, 1.165) is 6.07 Å². The highest BCUT2D eigenvalue weighted by molar-refractivity contribution is 5.73. The molecule has 1 atom stereocenters. The minimum absolute atomic E-state index is 0.153. The maximum absolute atomic E-state index is 13.7. The summed E-state index contributed by atoms with van der Waals surface area (Å²) in [5.41, 5.74) is -0.153. The Morgan fingerprint density at radius 3 is 2.73 bits per heavy atom. The maximum atomic E-state index is 13.7. The van der Waals surface area contributed by atoms with E-state index >= 15 is 0 Å². The number of halogens is 3. The molecule has 5 nitrogen and oxygen atoms in total. The number of alkyl halides is 2. The van der Waals surface area contributed by atoms with Gasteiger partial charge in [-0.15, -0.1) is 0 Å². The number of ether oxygens (including phenoxy) is 1. The molecule has 0 radical (unpaired) electrons. The smallest absolute Gasteiger partial charge is 0.387 e. The number of aliphatic hydroxyl groups is 1. The highest BCUT2D eigenvalue weighted by Gasteiger charge is 2.16. The van der Waals surface area contributed by atoms with Crippen LogP contribution in [-0.2, 0) is 6.54 Å². The molecule has 0 spiro atoms. The second-order valence-corrected chi connectivity index (χ2v) is 4.81. The van der Waals surface area contributed by atoms with Crippen LogP contribution in [-0.4, -0.2) is 42.3 Å². The SMILES string of the molecule is CC(O)CCN(C)C(=O)NCc1c(F)cccc1OC(F)F. The lowest BCUT2D eigenvalue weighted by molar-refractivity contribution is -0.0506. The van der Waals surface area contributed by atoms with E-state index in [4.69, 9.17) is 5.11 Å². The van der Waals surface area contributed by atoms with Crippen LogP contribution in [0.2, 0.25) is 0 Å². The van der Waals surface area contributed by atoms with Gasteiger partial charge in [0.05, 0.1) is 12.6 Å². The van der Waals surface area contributed by atoms with Crippen LogP contribution < -0.4 is 10.1 Å². The number of urea groups is 1. The Kier molecular flexibility index (Phi) is 6.97. The molecule has 1 unspecified atom stereocenters. The van der Waals surface area contributed by atoms with Crippen LogP contribution in [0.3, 0.4) is 0 Å². The summed E-state index contributed by atoms with van der Waals surface area (Å²) < 4.78 is 42.5. The molecular formula is C14H19F3N2O3. The molecule has 0 bridgehead atoms. The van der Waals surface area contributed by atoms with Crippen LogP contribution in [0.15, 0.2) is 18.2 Å². The molecule has 0 saturated heterocycles. The Bertz CT molecular complexity index is 498. The van der Waals surface area contributed by atoms with Crippen LogP contribution in [0.5, 0.6) is 5.75 Å². The quantitative estimate of drug-likeness (QED) is 0.810. The molecule has 0 aliphatic heterocycles. The molecule has 1 rings (SSSR count). The van der Waals surface area contributed by atoms with Gasteiger partial charge in [0.15, 0.2) is 0 Å². The monoisotopic (exact) mass is 320 g/mol. The zero-order valence-electron chi connectivity index (χ0n) is 12.4. The maximum Gasteiger partial charge on any atom is 0.387 e. The Balaban J connectivity index is 2.65. The third-order valence-electron chi connectivity index (χ3n) is 2.94. The molecule has 1 aromatic carbocycles. The molecule has 0 heterocycles. The molecule has 0 saturated carbocycles. The van der Waals surface area contributed by atoms with Gasteiger partial charge >= 0.3 is 12.6 Å². The molecule has 0 aliphatic carbocycles. The Morgan fingerprint density at radius 1 is 1.45 bits per heavy atom. The van der Waals surface area contributed by atoms with Gasteiger partial charge in [-0.25, -0.2) is 9.18 Å². The topological polar surface area (TPSA) is 61.8 Å². The summed E-state index contributed by atoms with van der Waals surface area (Å²) in [5, 5.41) is 11.6. The number of rotatable bonds is 7. The highest BCUT2D eigenvalue weighted by Crippen LogP contribution is 2.23. The first-order chi connectivity index (χ1) is 10.3. The molecule has 0 aliphatic rings. The number of carbonyl (C=O) groups excluding carboxylic acids is 1. The number of benzene rings is 1. The number of nitrogens with zero attached hydrogens (tertiary/aromatic N) is 1. The largest absolute Gasteiger partial charge is 0.434 e. The van der Waals surface area contributed by atoms with Crippen molar-refractivity contribution in [2.24, 2.45) is 0 Å². The number of amides is 2. The Labute approximate surface area is 126 Å². The van der Waals surface area contributed by atoms with Crippen molar-refractivity contribution in [1.82, 2.24) is 10.2 Å². The van der Waals surface area contributed by atoms with Gasteiger partial charge in [-0.05, 0) is 25.5 Å². The zero-order valence-corrected chi connectivity index (χ0v) is 12.4. The van der Waals surface area contributed by atoms with Crippen molar-refractivity contribution < 1.29 is 27.8 Å². The number of carbonyl (C=O) groups is 1. The fourth-order valence-corrected chi connectivity index (χ4v) is 1.70. The molecule has 1 aromatic rings. The van der Waals surface area contributed by atoms with Crippen LogP contribution in [0, 0.1) is 5.82 Å². The van der Waals surface area contributed by atoms with Crippen molar-refractivity contribution in [3.63, 3.8) is 0 Å². The number of hydrogen-bond acceptors (Lipinski definition) is 3. The standard InChI is InChI=1S/C14H19F3N2O3/c1-9(20)6-7-19(2)14(21)18-8-10-11(15)4-3-5-12(10)22-13(16)17/h3-5,9,13,20H,6-8H2,1-2H3,(H,18,21). The van der Waals surface area contributed by atoms with Crippen molar-refractivity contribution in [1.29, 1.82) is 0 Å². The Morgan fingerprint density at radius 2 is 2.14 bits per heavy atom. The summed E-state index contributed by atoms with van der Waals surface area (Å²) in [5.74, 6) is -1.06. The van der Waals surface area contributed by atoms with Gasteiger partial charge in [-0.3, -0.25) is 0 Å². The van der Waals surface area contributed by atoms with Crippen LogP contribution in [0.25, 0.3) is 0 Å². The fourth-order valence-electron chi connectivity index (χ4n) is 1.70. The van der Waals surface area contributed by atoms with Crippen molar-refractivity contribution in [2.75, 3.05) is 13.6 Å².